The molecule has 0 fully saturated rings. The molecule has 0 spiro atoms. The summed E-state index contributed by atoms with van der Waals surface area (Å²) in [6.45, 7) is 1.66. The average Bonchev–Trinajstić information content (AvgIpc) is 2.73. The van der Waals surface area contributed by atoms with Gasteiger partial charge in [0.15, 0.2) is 6.61 Å². The van der Waals surface area contributed by atoms with Crippen LogP contribution in [0, 0.1) is 5.82 Å². The molecule has 0 aromatic heterocycles. The lowest BCUT2D eigenvalue weighted by Gasteiger charge is -2.09. The van der Waals surface area contributed by atoms with Crippen LogP contribution in [0.5, 0.6) is 5.75 Å². The van der Waals surface area contributed by atoms with Gasteiger partial charge in [0.1, 0.15) is 18.1 Å². The average molecular weight is 481 g/mol. The molecule has 0 aliphatic heterocycles. The summed E-state index contributed by atoms with van der Waals surface area (Å²) in [4.78, 5) is 35.6. The number of carbonyl (C=O) groups excluding carboxylic acids is 3. The molecule has 0 saturated heterocycles. The van der Waals surface area contributed by atoms with E-state index in [-0.39, 0.29) is 5.69 Å². The minimum Gasteiger partial charge on any atom is -0.494 e. The standard InChI is InChI=1S/C21H22BrFN2O5/c1-2-3-10-29-16-7-4-14(5-8-16)21(28)24-12-20(27)30-13-19(26)25-18-9-6-15(22)11-17(18)23/h4-9,11H,2-3,10,12-13H2,1H3,(H,24,28)(H,25,26). The number of esters is 1. The molecule has 0 unspecified atom stereocenters. The molecule has 0 heterocycles. The van der Waals surface area contributed by atoms with Crippen LogP contribution in [0.15, 0.2) is 46.9 Å². The van der Waals surface area contributed by atoms with Gasteiger partial charge in [0.05, 0.1) is 12.3 Å². The van der Waals surface area contributed by atoms with Gasteiger partial charge in [-0.2, -0.15) is 0 Å². The number of unbranched alkanes of at least 4 members (excludes halogenated alkanes) is 1. The first-order chi connectivity index (χ1) is 14.4. The Morgan fingerprint density at radius 1 is 1.10 bits per heavy atom. The Morgan fingerprint density at radius 2 is 1.83 bits per heavy atom. The number of carbonyl (C=O) groups is 3. The highest BCUT2D eigenvalue weighted by Gasteiger charge is 2.12. The number of halogens is 2. The maximum Gasteiger partial charge on any atom is 0.325 e. The van der Waals surface area contributed by atoms with Gasteiger partial charge >= 0.3 is 5.97 Å². The third-order valence-electron chi connectivity index (χ3n) is 3.85. The zero-order chi connectivity index (χ0) is 21.9. The van der Waals surface area contributed by atoms with Crippen LogP contribution < -0.4 is 15.4 Å². The molecule has 30 heavy (non-hydrogen) atoms. The Morgan fingerprint density at radius 3 is 2.50 bits per heavy atom. The SMILES string of the molecule is CCCCOc1ccc(C(=O)NCC(=O)OCC(=O)Nc2ccc(Br)cc2F)cc1. The first kappa shape index (κ1) is 23.3. The van der Waals surface area contributed by atoms with Crippen LogP contribution in [0.4, 0.5) is 10.1 Å². The Labute approximate surface area is 182 Å². The smallest absolute Gasteiger partial charge is 0.325 e. The fraction of sp³-hybridized carbons (Fsp3) is 0.286. The molecular formula is C21H22BrFN2O5. The number of amides is 2. The second kappa shape index (κ2) is 11.9. The summed E-state index contributed by atoms with van der Waals surface area (Å²) >= 11 is 3.11. The fourth-order valence-electron chi connectivity index (χ4n) is 2.27. The van der Waals surface area contributed by atoms with Crippen molar-refractivity contribution in [3.8, 4) is 5.75 Å². The van der Waals surface area contributed by atoms with Crippen molar-refractivity contribution in [3.05, 3.63) is 58.3 Å². The van der Waals surface area contributed by atoms with E-state index in [1.54, 1.807) is 30.3 Å². The summed E-state index contributed by atoms with van der Waals surface area (Å²) in [6.07, 6.45) is 1.97. The van der Waals surface area contributed by atoms with Gasteiger partial charge < -0.3 is 20.1 Å². The molecule has 0 saturated carbocycles. The minimum absolute atomic E-state index is 0.0327. The van der Waals surface area contributed by atoms with Crippen molar-refractivity contribution in [2.24, 2.45) is 0 Å². The molecule has 2 N–H and O–H groups in total. The molecule has 0 aliphatic carbocycles. The Kier molecular flexibility index (Phi) is 9.27. The molecule has 0 aliphatic rings. The van der Waals surface area contributed by atoms with Gasteiger partial charge in [-0.1, -0.05) is 29.3 Å². The number of benzene rings is 2. The van der Waals surface area contributed by atoms with Crippen molar-refractivity contribution in [1.82, 2.24) is 5.32 Å². The summed E-state index contributed by atoms with van der Waals surface area (Å²) in [7, 11) is 0. The van der Waals surface area contributed by atoms with Crippen LogP contribution in [-0.4, -0.2) is 37.5 Å². The highest BCUT2D eigenvalue weighted by molar-refractivity contribution is 9.10. The number of nitrogens with one attached hydrogen (secondary N) is 2. The summed E-state index contributed by atoms with van der Waals surface area (Å²) in [6, 6.07) is 10.7. The van der Waals surface area contributed by atoms with Crippen molar-refractivity contribution in [2.45, 2.75) is 19.8 Å². The lowest BCUT2D eigenvalue weighted by molar-refractivity contribution is -0.146. The molecule has 0 radical (unpaired) electrons. The van der Waals surface area contributed by atoms with E-state index in [0.717, 1.165) is 12.8 Å². The molecule has 9 heteroatoms. The van der Waals surface area contributed by atoms with Crippen LogP contribution in [0.25, 0.3) is 0 Å². The first-order valence-electron chi connectivity index (χ1n) is 9.30. The summed E-state index contributed by atoms with van der Waals surface area (Å²) in [5, 5.41) is 4.70. The highest BCUT2D eigenvalue weighted by atomic mass is 79.9. The Balaban J connectivity index is 1.72. The van der Waals surface area contributed by atoms with Gasteiger partial charge in [-0.15, -0.1) is 0 Å². The third kappa shape index (κ3) is 7.82. The number of ether oxygens (including phenoxy) is 2. The largest absolute Gasteiger partial charge is 0.494 e. The van der Waals surface area contributed by atoms with Gasteiger partial charge in [-0.3, -0.25) is 14.4 Å². The van der Waals surface area contributed by atoms with Gasteiger partial charge in [-0.25, -0.2) is 4.39 Å². The Bertz CT molecular complexity index is 889. The van der Waals surface area contributed by atoms with E-state index < -0.39 is 36.8 Å². The molecule has 2 amide bonds. The van der Waals surface area contributed by atoms with Gasteiger partial charge in [0.25, 0.3) is 11.8 Å². The van der Waals surface area contributed by atoms with Crippen LogP contribution >= 0.6 is 15.9 Å². The normalized spacial score (nSPS) is 10.2. The molecule has 0 bridgehead atoms. The maximum absolute atomic E-state index is 13.7. The quantitative estimate of drug-likeness (QED) is 0.399. The van der Waals surface area contributed by atoms with Crippen molar-refractivity contribution in [3.63, 3.8) is 0 Å². The zero-order valence-electron chi connectivity index (χ0n) is 16.4. The molecule has 2 rings (SSSR count). The fourth-order valence-corrected chi connectivity index (χ4v) is 2.60. The minimum atomic E-state index is -0.797. The number of anilines is 1. The molecule has 2 aromatic rings. The van der Waals surface area contributed by atoms with Gasteiger partial charge in [0.2, 0.25) is 0 Å². The second-order valence-corrected chi connectivity index (χ2v) is 7.16. The highest BCUT2D eigenvalue weighted by Crippen LogP contribution is 2.19. The molecular weight excluding hydrogens is 459 g/mol. The van der Waals surface area contributed by atoms with Crippen LogP contribution in [-0.2, 0) is 14.3 Å². The maximum atomic E-state index is 13.7. The molecule has 7 nitrogen and oxygen atoms in total. The lowest BCUT2D eigenvalue weighted by atomic mass is 10.2. The van der Waals surface area contributed by atoms with Gasteiger partial charge in [0, 0.05) is 10.0 Å². The zero-order valence-corrected chi connectivity index (χ0v) is 18.0. The van der Waals surface area contributed by atoms with Crippen molar-refractivity contribution >= 4 is 39.4 Å². The van der Waals surface area contributed by atoms with Crippen molar-refractivity contribution in [2.75, 3.05) is 25.1 Å². The van der Waals surface area contributed by atoms with E-state index in [2.05, 4.69) is 33.5 Å². The third-order valence-corrected chi connectivity index (χ3v) is 4.34. The van der Waals surface area contributed by atoms with Crippen LogP contribution in [0.1, 0.15) is 30.1 Å². The predicted molar refractivity (Wildman–Crippen MR) is 113 cm³/mol. The lowest BCUT2D eigenvalue weighted by Crippen LogP contribution is -2.32. The molecule has 0 atom stereocenters. The van der Waals surface area contributed by atoms with Crippen LogP contribution in [0.3, 0.4) is 0 Å². The van der Waals surface area contributed by atoms with Gasteiger partial charge in [-0.05, 0) is 48.9 Å². The van der Waals surface area contributed by atoms with E-state index in [1.165, 1.54) is 12.1 Å². The van der Waals surface area contributed by atoms with Crippen molar-refractivity contribution in [1.29, 1.82) is 0 Å². The van der Waals surface area contributed by atoms with E-state index in [9.17, 15) is 18.8 Å². The van der Waals surface area contributed by atoms with Crippen LogP contribution in [0.2, 0.25) is 0 Å². The number of hydrogen-bond donors (Lipinski definition) is 2. The predicted octanol–water partition coefficient (Wildman–Crippen LogP) is 3.68. The number of hydrogen-bond acceptors (Lipinski definition) is 5. The van der Waals surface area contributed by atoms with Crippen molar-refractivity contribution < 1.29 is 28.2 Å². The summed E-state index contributed by atoms with van der Waals surface area (Å²) < 4.78 is 24.5. The number of rotatable bonds is 10. The second-order valence-electron chi connectivity index (χ2n) is 6.24. The monoisotopic (exact) mass is 480 g/mol. The van der Waals surface area contributed by atoms with E-state index >= 15 is 0 Å². The topological polar surface area (TPSA) is 93.7 Å². The first-order valence-corrected chi connectivity index (χ1v) is 10.1. The van der Waals surface area contributed by atoms with E-state index in [4.69, 9.17) is 9.47 Å². The summed E-state index contributed by atoms with van der Waals surface area (Å²) in [5.74, 6) is -1.93. The molecule has 160 valence electrons. The van der Waals surface area contributed by atoms with E-state index in [1.807, 2.05) is 0 Å². The molecule has 2 aromatic carbocycles. The summed E-state index contributed by atoms with van der Waals surface area (Å²) in [5.41, 5.74) is 0.323. The Hall–Kier alpha value is -2.94. The van der Waals surface area contributed by atoms with E-state index in [0.29, 0.717) is 22.4 Å².